The summed E-state index contributed by atoms with van der Waals surface area (Å²) in [6.45, 7) is 7.49. The average molecular weight is 417 g/mol. The van der Waals surface area contributed by atoms with Crippen molar-refractivity contribution in [3.05, 3.63) is 29.6 Å². The zero-order valence-electron chi connectivity index (χ0n) is 17.2. The van der Waals surface area contributed by atoms with E-state index in [4.69, 9.17) is 9.47 Å². The van der Waals surface area contributed by atoms with Crippen LogP contribution in [0.2, 0.25) is 0 Å². The highest BCUT2D eigenvalue weighted by molar-refractivity contribution is 7.99. The highest BCUT2D eigenvalue weighted by atomic mass is 32.2. The Labute approximate surface area is 175 Å². The van der Waals surface area contributed by atoms with Gasteiger partial charge in [0.05, 0.1) is 25.0 Å². The van der Waals surface area contributed by atoms with Gasteiger partial charge in [0.25, 0.3) is 0 Å². The molecule has 1 atom stereocenters. The van der Waals surface area contributed by atoms with Crippen molar-refractivity contribution in [2.24, 2.45) is 5.92 Å². The molecule has 2 aliphatic rings. The Hall–Kier alpha value is -2.22. The summed E-state index contributed by atoms with van der Waals surface area (Å²) < 4.78 is 13.7. The Balaban J connectivity index is 1.42. The molecule has 1 fully saturated rings. The predicted octanol–water partition coefficient (Wildman–Crippen LogP) is 3.69. The number of carbonyl (C=O) groups is 1. The molecular weight excluding hydrogens is 388 g/mol. The first-order valence-electron chi connectivity index (χ1n) is 10.3. The minimum atomic E-state index is -0.0942. The molecule has 1 aromatic carbocycles. The van der Waals surface area contributed by atoms with Crippen molar-refractivity contribution < 1.29 is 14.3 Å². The van der Waals surface area contributed by atoms with Gasteiger partial charge in [0.15, 0.2) is 16.7 Å². The zero-order chi connectivity index (χ0) is 20.4. The molecule has 0 bridgehead atoms. The fourth-order valence-electron chi connectivity index (χ4n) is 3.55. The van der Waals surface area contributed by atoms with Gasteiger partial charge in [0.2, 0.25) is 5.91 Å². The van der Waals surface area contributed by atoms with Gasteiger partial charge >= 0.3 is 0 Å². The molecule has 1 N–H and O–H groups in total. The fraction of sp³-hybridized carbons (Fsp3) is 0.571. The number of benzene rings is 1. The Morgan fingerprint density at radius 3 is 2.72 bits per heavy atom. The minimum Gasteiger partial charge on any atom is -0.490 e. The Morgan fingerprint density at radius 1 is 1.24 bits per heavy atom. The van der Waals surface area contributed by atoms with Gasteiger partial charge in [-0.25, -0.2) is 0 Å². The van der Waals surface area contributed by atoms with Crippen molar-refractivity contribution >= 4 is 17.7 Å². The molecule has 8 heteroatoms. The van der Waals surface area contributed by atoms with Crippen LogP contribution in [0, 0.1) is 12.8 Å². The maximum Gasteiger partial charge on any atom is 0.230 e. The smallest absolute Gasteiger partial charge is 0.230 e. The van der Waals surface area contributed by atoms with Crippen molar-refractivity contribution in [1.29, 1.82) is 0 Å². The van der Waals surface area contributed by atoms with Crippen LogP contribution in [-0.2, 0) is 4.79 Å². The van der Waals surface area contributed by atoms with Gasteiger partial charge in [-0.1, -0.05) is 31.7 Å². The number of rotatable bonds is 7. The van der Waals surface area contributed by atoms with E-state index in [1.54, 1.807) is 0 Å². The Bertz CT molecular complexity index is 879. The molecule has 0 spiro atoms. The number of fused-ring (bicyclic) bond motifs is 1. The van der Waals surface area contributed by atoms with E-state index in [9.17, 15) is 4.79 Å². The quantitative estimate of drug-likeness (QED) is 0.694. The molecule has 0 unspecified atom stereocenters. The maximum absolute atomic E-state index is 12.7. The van der Waals surface area contributed by atoms with Gasteiger partial charge in [-0.2, -0.15) is 0 Å². The molecule has 1 saturated carbocycles. The van der Waals surface area contributed by atoms with Crippen molar-refractivity contribution in [3.8, 4) is 11.5 Å². The first-order valence-corrected chi connectivity index (χ1v) is 11.2. The number of carbonyl (C=O) groups excluding carboxylic acids is 1. The number of hydrogen-bond donors (Lipinski definition) is 1. The second-order valence-electron chi connectivity index (χ2n) is 7.97. The summed E-state index contributed by atoms with van der Waals surface area (Å²) in [6, 6.07) is 6.35. The lowest BCUT2D eigenvalue weighted by Gasteiger charge is -2.24. The van der Waals surface area contributed by atoms with Gasteiger partial charge in [0, 0.05) is 12.5 Å². The van der Waals surface area contributed by atoms with Crippen molar-refractivity contribution in [1.82, 2.24) is 20.1 Å². The molecule has 1 aliphatic carbocycles. The van der Waals surface area contributed by atoms with E-state index in [0.717, 1.165) is 47.3 Å². The van der Waals surface area contributed by atoms with Crippen LogP contribution < -0.4 is 14.8 Å². The summed E-state index contributed by atoms with van der Waals surface area (Å²) in [7, 11) is 0. The highest BCUT2D eigenvalue weighted by Gasteiger charge is 2.29. The molecule has 1 amide bonds. The molecule has 2 heterocycles. The molecular formula is C21H28N4O3S. The van der Waals surface area contributed by atoms with E-state index in [1.165, 1.54) is 11.8 Å². The normalized spacial score (nSPS) is 17.1. The standard InChI is InChI=1S/C21H28N4O3S/c1-13(2)20(15-5-8-17-18(11-15)28-10-4-9-27-17)22-19(26)12-29-21-24-23-14(3)25(21)16-6-7-16/h5,8,11,13,16,20H,4,6-7,9-10,12H2,1-3H3,(H,22,26)/t20-/m0/s1. The molecule has 7 nitrogen and oxygen atoms in total. The number of aromatic nitrogens is 3. The Morgan fingerprint density at radius 2 is 2.00 bits per heavy atom. The summed E-state index contributed by atoms with van der Waals surface area (Å²) >= 11 is 1.45. The summed E-state index contributed by atoms with van der Waals surface area (Å²) in [5.74, 6) is 2.99. The first kappa shape index (κ1) is 20.1. The van der Waals surface area contributed by atoms with E-state index >= 15 is 0 Å². The lowest BCUT2D eigenvalue weighted by atomic mass is 9.95. The van der Waals surface area contributed by atoms with Crippen molar-refractivity contribution in [2.75, 3.05) is 19.0 Å². The van der Waals surface area contributed by atoms with Crippen LogP contribution in [-0.4, -0.2) is 39.6 Å². The second-order valence-corrected chi connectivity index (χ2v) is 8.91. The largest absolute Gasteiger partial charge is 0.490 e. The van der Waals surface area contributed by atoms with Gasteiger partial charge in [-0.05, 0) is 43.4 Å². The fourth-order valence-corrected chi connectivity index (χ4v) is 4.42. The van der Waals surface area contributed by atoms with Crippen LogP contribution in [0.3, 0.4) is 0 Å². The molecule has 2 aromatic rings. The van der Waals surface area contributed by atoms with Crippen molar-refractivity contribution in [3.63, 3.8) is 0 Å². The number of amides is 1. The number of nitrogens with zero attached hydrogens (tertiary/aromatic N) is 3. The average Bonchev–Trinajstić information content (AvgIpc) is 3.50. The van der Waals surface area contributed by atoms with Gasteiger partial charge < -0.3 is 19.4 Å². The number of nitrogens with one attached hydrogen (secondary N) is 1. The molecule has 0 radical (unpaired) electrons. The third-order valence-electron chi connectivity index (χ3n) is 5.19. The van der Waals surface area contributed by atoms with Crippen LogP contribution in [0.15, 0.2) is 23.4 Å². The van der Waals surface area contributed by atoms with Crippen molar-refractivity contribution in [2.45, 2.75) is 57.3 Å². The molecule has 1 aliphatic heterocycles. The van der Waals surface area contributed by atoms with Gasteiger partial charge in [-0.3, -0.25) is 4.79 Å². The molecule has 0 saturated heterocycles. The third kappa shape index (κ3) is 4.69. The molecule has 156 valence electrons. The summed E-state index contributed by atoms with van der Waals surface area (Å²) in [5, 5.41) is 12.4. The van der Waals surface area contributed by atoms with Crippen LogP contribution in [0.25, 0.3) is 0 Å². The predicted molar refractivity (Wildman–Crippen MR) is 112 cm³/mol. The SMILES string of the molecule is Cc1nnc(SCC(=O)N[C@H](c2ccc3c(c2)OCCCO3)C(C)C)n1C1CC1. The Kier molecular flexibility index (Phi) is 5.99. The number of aryl methyl sites for hydroxylation is 1. The first-order chi connectivity index (χ1) is 14.0. The van der Waals surface area contributed by atoms with Gasteiger partial charge in [-0.15, -0.1) is 10.2 Å². The lowest BCUT2D eigenvalue weighted by Crippen LogP contribution is -2.33. The van der Waals surface area contributed by atoms with Crippen LogP contribution >= 0.6 is 11.8 Å². The molecule has 29 heavy (non-hydrogen) atoms. The summed E-state index contributed by atoms with van der Waals surface area (Å²) in [6.07, 6.45) is 3.20. The monoisotopic (exact) mass is 416 g/mol. The van der Waals surface area contributed by atoms with Crippen LogP contribution in [0.1, 0.15) is 56.6 Å². The minimum absolute atomic E-state index is 0.0104. The third-order valence-corrected chi connectivity index (χ3v) is 6.14. The molecule has 4 rings (SSSR count). The number of hydrogen-bond acceptors (Lipinski definition) is 6. The summed E-state index contributed by atoms with van der Waals surface area (Å²) in [5.41, 5.74) is 1.03. The van der Waals surface area contributed by atoms with E-state index in [-0.39, 0.29) is 17.9 Å². The van der Waals surface area contributed by atoms with Crippen LogP contribution in [0.5, 0.6) is 11.5 Å². The van der Waals surface area contributed by atoms with E-state index < -0.39 is 0 Å². The summed E-state index contributed by atoms with van der Waals surface area (Å²) in [4.78, 5) is 12.7. The topological polar surface area (TPSA) is 78.3 Å². The lowest BCUT2D eigenvalue weighted by molar-refractivity contribution is -0.119. The van der Waals surface area contributed by atoms with E-state index in [0.29, 0.717) is 25.0 Å². The number of thioether (sulfide) groups is 1. The van der Waals surface area contributed by atoms with Gasteiger partial charge in [0.1, 0.15) is 5.82 Å². The molecule has 1 aromatic heterocycles. The number of ether oxygens (including phenoxy) is 2. The second kappa shape index (κ2) is 8.65. The maximum atomic E-state index is 12.7. The van der Waals surface area contributed by atoms with E-state index in [1.807, 2.05) is 25.1 Å². The van der Waals surface area contributed by atoms with E-state index in [2.05, 4.69) is 33.9 Å². The zero-order valence-corrected chi connectivity index (χ0v) is 18.0. The highest BCUT2D eigenvalue weighted by Crippen LogP contribution is 2.38. The van der Waals surface area contributed by atoms with Crippen LogP contribution in [0.4, 0.5) is 0 Å².